The van der Waals surface area contributed by atoms with Crippen LogP contribution in [0.3, 0.4) is 0 Å². The number of carbonyl (C=O) groups is 1. The Morgan fingerprint density at radius 1 is 1.45 bits per heavy atom. The molecule has 1 atom stereocenters. The van der Waals surface area contributed by atoms with E-state index in [0.29, 0.717) is 21.6 Å². The zero-order valence-electron chi connectivity index (χ0n) is 12.3. The number of anilines is 1. The van der Waals surface area contributed by atoms with Crippen molar-refractivity contribution in [3.05, 3.63) is 29.3 Å². The fourth-order valence-corrected chi connectivity index (χ4v) is 2.81. The van der Waals surface area contributed by atoms with Crippen LogP contribution in [0, 0.1) is 0 Å². The summed E-state index contributed by atoms with van der Waals surface area (Å²) in [6.07, 6.45) is 1.45. The Hall–Kier alpha value is -1.21. The number of carbonyl (C=O) groups excluding carboxylic acids is 1. The van der Waals surface area contributed by atoms with E-state index >= 15 is 0 Å². The number of nitrogens with two attached hydrogens (primary N) is 1. The highest BCUT2D eigenvalue weighted by Gasteiger charge is 2.28. The molecule has 0 aliphatic carbocycles. The van der Waals surface area contributed by atoms with E-state index in [4.69, 9.17) is 17.3 Å². The Bertz CT molecular complexity index is 645. The molecule has 2 aromatic rings. The summed E-state index contributed by atoms with van der Waals surface area (Å²) in [4.78, 5) is 12.1. The van der Waals surface area contributed by atoms with Crippen molar-refractivity contribution in [1.29, 1.82) is 0 Å². The SMILES string of the molecule is CCCC(C)(N)C(=O)Nc1nnc(-c2cccc(Cl)c2)s1.Cl. The molecule has 0 aliphatic heterocycles. The number of amides is 1. The van der Waals surface area contributed by atoms with E-state index in [1.165, 1.54) is 11.3 Å². The highest BCUT2D eigenvalue weighted by atomic mass is 35.5. The molecule has 1 unspecified atom stereocenters. The van der Waals surface area contributed by atoms with Crippen LogP contribution in [0.25, 0.3) is 10.6 Å². The van der Waals surface area contributed by atoms with Gasteiger partial charge in [0, 0.05) is 10.6 Å². The molecule has 22 heavy (non-hydrogen) atoms. The van der Waals surface area contributed by atoms with Gasteiger partial charge >= 0.3 is 0 Å². The molecule has 1 aromatic heterocycles. The number of hydrogen-bond donors (Lipinski definition) is 2. The minimum absolute atomic E-state index is 0. The third kappa shape index (κ3) is 4.64. The molecule has 2 rings (SSSR count). The molecule has 0 saturated heterocycles. The lowest BCUT2D eigenvalue weighted by atomic mass is 9.97. The van der Waals surface area contributed by atoms with Crippen LogP contribution in [0.4, 0.5) is 5.13 Å². The topological polar surface area (TPSA) is 80.9 Å². The number of benzene rings is 1. The Kier molecular flexibility index (Phi) is 6.74. The van der Waals surface area contributed by atoms with Gasteiger partial charge in [-0.3, -0.25) is 10.1 Å². The Balaban J connectivity index is 0.00000242. The average molecular weight is 361 g/mol. The maximum absolute atomic E-state index is 12.1. The van der Waals surface area contributed by atoms with Gasteiger partial charge in [0.25, 0.3) is 0 Å². The Morgan fingerprint density at radius 3 is 2.82 bits per heavy atom. The molecule has 1 amide bonds. The average Bonchev–Trinajstić information content (AvgIpc) is 2.87. The zero-order chi connectivity index (χ0) is 15.5. The number of halogens is 2. The van der Waals surface area contributed by atoms with E-state index in [9.17, 15) is 4.79 Å². The predicted octanol–water partition coefficient (Wildman–Crippen LogP) is 3.74. The summed E-state index contributed by atoms with van der Waals surface area (Å²) in [6, 6.07) is 7.33. The lowest BCUT2D eigenvalue weighted by Gasteiger charge is -2.21. The van der Waals surface area contributed by atoms with E-state index in [1.807, 2.05) is 19.1 Å². The van der Waals surface area contributed by atoms with Gasteiger partial charge in [0.2, 0.25) is 11.0 Å². The summed E-state index contributed by atoms with van der Waals surface area (Å²) >= 11 is 7.24. The zero-order valence-corrected chi connectivity index (χ0v) is 14.7. The van der Waals surface area contributed by atoms with Crippen molar-refractivity contribution in [2.45, 2.75) is 32.2 Å². The second-order valence-corrected chi connectivity index (χ2v) is 6.46. The highest BCUT2D eigenvalue weighted by molar-refractivity contribution is 7.18. The molecule has 0 aliphatic rings. The molecule has 0 radical (unpaired) electrons. The van der Waals surface area contributed by atoms with E-state index in [-0.39, 0.29) is 18.3 Å². The van der Waals surface area contributed by atoms with Crippen molar-refractivity contribution in [1.82, 2.24) is 10.2 Å². The van der Waals surface area contributed by atoms with E-state index in [0.717, 1.165) is 12.0 Å². The lowest BCUT2D eigenvalue weighted by molar-refractivity contribution is -0.120. The number of nitrogens with zero attached hydrogens (tertiary/aromatic N) is 2. The molecule has 120 valence electrons. The van der Waals surface area contributed by atoms with Crippen molar-refractivity contribution in [2.75, 3.05) is 5.32 Å². The minimum Gasteiger partial charge on any atom is -0.318 e. The first-order valence-corrected chi connectivity index (χ1v) is 7.81. The highest BCUT2D eigenvalue weighted by Crippen LogP contribution is 2.28. The van der Waals surface area contributed by atoms with Crippen LogP contribution >= 0.6 is 35.3 Å². The fourth-order valence-electron chi connectivity index (χ4n) is 1.88. The summed E-state index contributed by atoms with van der Waals surface area (Å²) in [5.74, 6) is -0.252. The molecule has 1 aromatic carbocycles. The molecule has 5 nitrogen and oxygen atoms in total. The summed E-state index contributed by atoms with van der Waals surface area (Å²) < 4.78 is 0. The van der Waals surface area contributed by atoms with Crippen molar-refractivity contribution in [3.63, 3.8) is 0 Å². The monoisotopic (exact) mass is 360 g/mol. The van der Waals surface area contributed by atoms with Crippen LogP contribution in [-0.2, 0) is 4.79 Å². The van der Waals surface area contributed by atoms with Crippen LogP contribution in [0.1, 0.15) is 26.7 Å². The van der Waals surface area contributed by atoms with Gasteiger partial charge in [-0.1, -0.05) is 48.4 Å². The largest absolute Gasteiger partial charge is 0.318 e. The van der Waals surface area contributed by atoms with Gasteiger partial charge in [-0.05, 0) is 25.5 Å². The van der Waals surface area contributed by atoms with Gasteiger partial charge in [-0.2, -0.15) is 0 Å². The van der Waals surface area contributed by atoms with Gasteiger partial charge in [0.15, 0.2) is 0 Å². The van der Waals surface area contributed by atoms with Crippen LogP contribution in [0.2, 0.25) is 5.02 Å². The molecule has 0 spiro atoms. The van der Waals surface area contributed by atoms with Crippen LogP contribution in [0.5, 0.6) is 0 Å². The number of rotatable bonds is 5. The van der Waals surface area contributed by atoms with Crippen LogP contribution < -0.4 is 11.1 Å². The van der Waals surface area contributed by atoms with Gasteiger partial charge in [-0.15, -0.1) is 22.6 Å². The first kappa shape index (κ1) is 18.8. The van der Waals surface area contributed by atoms with E-state index in [1.54, 1.807) is 19.1 Å². The van der Waals surface area contributed by atoms with Crippen molar-refractivity contribution < 1.29 is 4.79 Å². The van der Waals surface area contributed by atoms with Gasteiger partial charge < -0.3 is 5.73 Å². The molecule has 3 N–H and O–H groups in total. The van der Waals surface area contributed by atoms with Crippen molar-refractivity contribution in [3.8, 4) is 10.6 Å². The summed E-state index contributed by atoms with van der Waals surface area (Å²) in [6.45, 7) is 3.70. The lowest BCUT2D eigenvalue weighted by Crippen LogP contribution is -2.48. The van der Waals surface area contributed by atoms with Crippen molar-refractivity contribution in [2.24, 2.45) is 5.73 Å². The molecule has 0 saturated carbocycles. The second kappa shape index (κ2) is 7.87. The number of hydrogen-bond acceptors (Lipinski definition) is 5. The number of nitrogens with one attached hydrogen (secondary N) is 1. The standard InChI is InChI=1S/C14H17ClN4OS.ClH/c1-3-7-14(2,16)12(20)17-13-19-18-11(21-13)9-5-4-6-10(15)8-9;/h4-6,8H,3,7,16H2,1-2H3,(H,17,19,20);1H. The molecule has 1 heterocycles. The summed E-state index contributed by atoms with van der Waals surface area (Å²) in [5, 5.41) is 12.5. The Labute approximate surface area is 144 Å². The molecule has 0 fully saturated rings. The first-order chi connectivity index (χ1) is 9.92. The quantitative estimate of drug-likeness (QED) is 0.850. The molecule has 0 bridgehead atoms. The van der Waals surface area contributed by atoms with Crippen LogP contribution in [0.15, 0.2) is 24.3 Å². The smallest absolute Gasteiger partial charge is 0.245 e. The Morgan fingerprint density at radius 2 is 2.18 bits per heavy atom. The maximum atomic E-state index is 12.1. The van der Waals surface area contributed by atoms with Crippen LogP contribution in [-0.4, -0.2) is 21.6 Å². The number of aromatic nitrogens is 2. The normalized spacial score (nSPS) is 13.1. The molecule has 8 heteroatoms. The summed E-state index contributed by atoms with van der Waals surface area (Å²) in [7, 11) is 0. The van der Waals surface area contributed by atoms with Gasteiger partial charge in [0.1, 0.15) is 5.01 Å². The van der Waals surface area contributed by atoms with E-state index in [2.05, 4.69) is 15.5 Å². The van der Waals surface area contributed by atoms with Gasteiger partial charge in [0.05, 0.1) is 5.54 Å². The van der Waals surface area contributed by atoms with Gasteiger partial charge in [-0.25, -0.2) is 0 Å². The minimum atomic E-state index is -0.906. The fraction of sp³-hybridized carbons (Fsp3) is 0.357. The summed E-state index contributed by atoms with van der Waals surface area (Å²) in [5.41, 5.74) is 5.94. The third-order valence-electron chi connectivity index (χ3n) is 3.01. The van der Waals surface area contributed by atoms with Crippen molar-refractivity contribution >= 4 is 46.4 Å². The maximum Gasteiger partial charge on any atom is 0.245 e. The first-order valence-electron chi connectivity index (χ1n) is 6.62. The predicted molar refractivity (Wildman–Crippen MR) is 93.7 cm³/mol. The molecular weight excluding hydrogens is 343 g/mol. The van der Waals surface area contributed by atoms with E-state index < -0.39 is 5.54 Å². The molecular formula is C14H18Cl2N4OS. The third-order valence-corrected chi connectivity index (χ3v) is 4.13. The second-order valence-electron chi connectivity index (χ2n) is 5.04.